The Morgan fingerprint density at radius 3 is 2.38 bits per heavy atom. The highest BCUT2D eigenvalue weighted by atomic mass is 16.4. The lowest BCUT2D eigenvalue weighted by Gasteiger charge is -2.22. The molecule has 78 valence electrons. The van der Waals surface area contributed by atoms with Crippen LogP contribution in [0.4, 0.5) is 0 Å². The van der Waals surface area contributed by atoms with Gasteiger partial charge in [-0.25, -0.2) is 0 Å². The molecule has 4 heteroatoms. The highest BCUT2D eigenvalue weighted by Crippen LogP contribution is 2.20. The Hall–Kier alpha value is -0.610. The van der Waals surface area contributed by atoms with Gasteiger partial charge in [0.1, 0.15) is 0 Å². The first-order valence-electron chi connectivity index (χ1n) is 4.42. The zero-order valence-corrected chi connectivity index (χ0v) is 8.50. The van der Waals surface area contributed by atoms with E-state index in [-0.39, 0.29) is 12.0 Å². The molecule has 0 rings (SSSR count). The first-order chi connectivity index (χ1) is 5.81. The van der Waals surface area contributed by atoms with E-state index in [0.29, 0.717) is 13.0 Å². The molecule has 0 bridgehead atoms. The maximum atomic E-state index is 10.1. The molecule has 13 heavy (non-hydrogen) atoms. The van der Waals surface area contributed by atoms with Crippen LogP contribution in [0.5, 0.6) is 0 Å². The van der Waals surface area contributed by atoms with Crippen molar-refractivity contribution in [3.8, 4) is 0 Å². The van der Waals surface area contributed by atoms with Gasteiger partial charge >= 0.3 is 5.97 Å². The topological polar surface area (TPSA) is 69.6 Å². The second kappa shape index (κ2) is 5.19. The molecular weight excluding hydrogens is 170 g/mol. The van der Waals surface area contributed by atoms with Gasteiger partial charge in [-0.2, -0.15) is 0 Å². The third-order valence-electron chi connectivity index (χ3n) is 1.50. The minimum absolute atomic E-state index is 0.0737. The standard InChI is InChI=1S/C9H19NO3/c1-9(2,3)4-7(11)5-10-6-8(12)13/h7,10-11H,4-6H2,1-3H3,(H,12,13). The lowest BCUT2D eigenvalue weighted by atomic mass is 9.89. The first kappa shape index (κ1) is 12.4. The monoisotopic (exact) mass is 189 g/mol. The molecule has 0 aromatic carbocycles. The van der Waals surface area contributed by atoms with Crippen molar-refractivity contribution >= 4 is 5.97 Å². The van der Waals surface area contributed by atoms with Crippen LogP contribution in [0.15, 0.2) is 0 Å². The summed E-state index contributed by atoms with van der Waals surface area (Å²) in [6.07, 6.45) is 0.193. The number of aliphatic carboxylic acids is 1. The highest BCUT2D eigenvalue weighted by molar-refractivity contribution is 5.68. The summed E-state index contributed by atoms with van der Waals surface area (Å²) < 4.78 is 0. The Labute approximate surface area is 79.0 Å². The van der Waals surface area contributed by atoms with Crippen LogP contribution >= 0.6 is 0 Å². The van der Waals surface area contributed by atoms with E-state index in [1.54, 1.807) is 0 Å². The molecule has 0 heterocycles. The summed E-state index contributed by atoms with van der Waals surface area (Å²) in [5, 5.41) is 20.4. The molecule has 1 atom stereocenters. The summed E-state index contributed by atoms with van der Waals surface area (Å²) >= 11 is 0. The van der Waals surface area contributed by atoms with Crippen LogP contribution in [0.25, 0.3) is 0 Å². The molecule has 3 N–H and O–H groups in total. The third-order valence-corrected chi connectivity index (χ3v) is 1.50. The predicted molar refractivity (Wildman–Crippen MR) is 50.6 cm³/mol. The fourth-order valence-electron chi connectivity index (χ4n) is 1.12. The maximum absolute atomic E-state index is 10.1. The van der Waals surface area contributed by atoms with E-state index >= 15 is 0 Å². The number of hydrogen-bond acceptors (Lipinski definition) is 3. The zero-order valence-electron chi connectivity index (χ0n) is 8.50. The molecular formula is C9H19NO3. The van der Waals surface area contributed by atoms with Gasteiger partial charge in [-0.05, 0) is 11.8 Å². The Morgan fingerprint density at radius 1 is 1.46 bits per heavy atom. The van der Waals surface area contributed by atoms with Crippen molar-refractivity contribution < 1.29 is 15.0 Å². The summed E-state index contributed by atoms with van der Waals surface area (Å²) in [5.41, 5.74) is 0.0737. The van der Waals surface area contributed by atoms with Crippen LogP contribution in [0, 0.1) is 5.41 Å². The zero-order chi connectivity index (χ0) is 10.5. The number of aliphatic hydroxyl groups excluding tert-OH is 1. The summed E-state index contributed by atoms with van der Waals surface area (Å²) in [6.45, 7) is 6.35. The van der Waals surface area contributed by atoms with Gasteiger partial charge in [0.15, 0.2) is 0 Å². The third kappa shape index (κ3) is 9.30. The molecule has 0 aromatic heterocycles. The molecule has 4 nitrogen and oxygen atoms in total. The number of aliphatic hydroxyl groups is 1. The van der Waals surface area contributed by atoms with E-state index in [2.05, 4.69) is 5.32 Å². The van der Waals surface area contributed by atoms with Gasteiger partial charge in [0.25, 0.3) is 0 Å². The van der Waals surface area contributed by atoms with Crippen LogP contribution in [-0.4, -0.2) is 35.4 Å². The van der Waals surface area contributed by atoms with Crippen molar-refractivity contribution in [2.24, 2.45) is 5.41 Å². The number of hydrogen-bond donors (Lipinski definition) is 3. The lowest BCUT2D eigenvalue weighted by molar-refractivity contribution is -0.136. The van der Waals surface area contributed by atoms with Gasteiger partial charge in [0.2, 0.25) is 0 Å². The second-order valence-electron chi connectivity index (χ2n) is 4.44. The molecule has 0 spiro atoms. The number of rotatable bonds is 5. The first-order valence-corrected chi connectivity index (χ1v) is 4.42. The smallest absolute Gasteiger partial charge is 0.317 e. The van der Waals surface area contributed by atoms with Crippen molar-refractivity contribution in [1.29, 1.82) is 0 Å². The van der Waals surface area contributed by atoms with Gasteiger partial charge in [0, 0.05) is 6.54 Å². The van der Waals surface area contributed by atoms with E-state index in [4.69, 9.17) is 5.11 Å². The molecule has 1 unspecified atom stereocenters. The summed E-state index contributed by atoms with van der Waals surface area (Å²) in [6, 6.07) is 0. The SMILES string of the molecule is CC(C)(C)CC(O)CNCC(=O)O. The van der Waals surface area contributed by atoms with Crippen molar-refractivity contribution in [3.05, 3.63) is 0 Å². The van der Waals surface area contributed by atoms with Crippen molar-refractivity contribution in [2.45, 2.75) is 33.3 Å². The number of nitrogens with one attached hydrogen (secondary N) is 1. The largest absolute Gasteiger partial charge is 0.480 e. The summed E-state index contributed by atoms with van der Waals surface area (Å²) in [4.78, 5) is 10.1. The van der Waals surface area contributed by atoms with Crippen molar-refractivity contribution in [2.75, 3.05) is 13.1 Å². The van der Waals surface area contributed by atoms with Gasteiger partial charge in [-0.15, -0.1) is 0 Å². The summed E-state index contributed by atoms with van der Waals surface area (Å²) in [5.74, 6) is -0.900. The number of carbonyl (C=O) groups is 1. The van der Waals surface area contributed by atoms with Crippen LogP contribution in [-0.2, 0) is 4.79 Å². The normalized spacial score (nSPS) is 14.2. The van der Waals surface area contributed by atoms with E-state index in [9.17, 15) is 9.90 Å². The molecule has 0 radical (unpaired) electrons. The minimum atomic E-state index is -0.900. The van der Waals surface area contributed by atoms with Crippen molar-refractivity contribution in [1.82, 2.24) is 5.32 Å². The van der Waals surface area contributed by atoms with Gasteiger partial charge in [0.05, 0.1) is 12.6 Å². The minimum Gasteiger partial charge on any atom is -0.480 e. The van der Waals surface area contributed by atoms with Crippen LogP contribution in [0.1, 0.15) is 27.2 Å². The van der Waals surface area contributed by atoms with E-state index in [0.717, 1.165) is 0 Å². The maximum Gasteiger partial charge on any atom is 0.317 e. The van der Waals surface area contributed by atoms with Crippen molar-refractivity contribution in [3.63, 3.8) is 0 Å². The highest BCUT2D eigenvalue weighted by Gasteiger charge is 2.16. The molecule has 0 saturated heterocycles. The number of carboxylic acid groups (broad SMARTS) is 1. The average Bonchev–Trinajstić information content (AvgIpc) is 1.81. The van der Waals surface area contributed by atoms with Gasteiger partial charge in [-0.3, -0.25) is 4.79 Å². The van der Waals surface area contributed by atoms with E-state index in [1.807, 2.05) is 20.8 Å². The van der Waals surface area contributed by atoms with Crippen LogP contribution < -0.4 is 5.32 Å². The fourth-order valence-corrected chi connectivity index (χ4v) is 1.12. The molecule has 0 aliphatic heterocycles. The Balaban J connectivity index is 3.52. The van der Waals surface area contributed by atoms with Gasteiger partial charge < -0.3 is 15.5 Å². The molecule has 0 aliphatic carbocycles. The quantitative estimate of drug-likeness (QED) is 0.587. The average molecular weight is 189 g/mol. The molecule has 0 aromatic rings. The molecule has 0 fully saturated rings. The Kier molecular flexibility index (Phi) is 4.95. The fraction of sp³-hybridized carbons (Fsp3) is 0.889. The second-order valence-corrected chi connectivity index (χ2v) is 4.44. The Morgan fingerprint density at radius 2 is 2.00 bits per heavy atom. The predicted octanol–water partition coefficient (Wildman–Crippen LogP) is 0.458. The van der Waals surface area contributed by atoms with Crippen LogP contribution in [0.3, 0.4) is 0 Å². The summed E-state index contributed by atoms with van der Waals surface area (Å²) in [7, 11) is 0. The number of carboxylic acids is 1. The Bertz CT molecular complexity index is 163. The molecule has 0 amide bonds. The van der Waals surface area contributed by atoms with E-state index in [1.165, 1.54) is 0 Å². The van der Waals surface area contributed by atoms with E-state index < -0.39 is 12.1 Å². The molecule has 0 saturated carbocycles. The van der Waals surface area contributed by atoms with Gasteiger partial charge in [-0.1, -0.05) is 20.8 Å². The lowest BCUT2D eigenvalue weighted by Crippen LogP contribution is -2.33. The molecule has 0 aliphatic rings. The van der Waals surface area contributed by atoms with Crippen LogP contribution in [0.2, 0.25) is 0 Å².